The lowest BCUT2D eigenvalue weighted by atomic mass is 9.94. The van der Waals surface area contributed by atoms with Crippen LogP contribution in [0.2, 0.25) is 0 Å². The molecule has 0 radical (unpaired) electrons. The molecule has 74 valence electrons. The van der Waals surface area contributed by atoms with Crippen LogP contribution in [0.25, 0.3) is 0 Å². The van der Waals surface area contributed by atoms with Crippen molar-refractivity contribution in [1.82, 2.24) is 4.90 Å². The number of hydrogen-bond donors (Lipinski definition) is 0. The predicted molar refractivity (Wildman–Crippen MR) is 56.4 cm³/mol. The number of nitrogens with zero attached hydrogens (tertiary/aromatic N) is 1. The minimum Gasteiger partial charge on any atom is -0.304 e. The van der Waals surface area contributed by atoms with E-state index < -0.39 is 0 Å². The van der Waals surface area contributed by atoms with E-state index in [1.165, 1.54) is 13.0 Å². The molecule has 0 amide bonds. The minimum absolute atomic E-state index is 0.685. The van der Waals surface area contributed by atoms with Gasteiger partial charge in [-0.25, -0.2) is 0 Å². The Morgan fingerprint density at radius 2 is 1.50 bits per heavy atom. The van der Waals surface area contributed by atoms with E-state index in [-0.39, 0.29) is 0 Å². The van der Waals surface area contributed by atoms with E-state index in [2.05, 4.69) is 46.6 Å². The Labute approximate surface area is 78.1 Å². The summed E-state index contributed by atoms with van der Waals surface area (Å²) in [6, 6.07) is 0.685. The molecule has 12 heavy (non-hydrogen) atoms. The van der Waals surface area contributed by atoms with Crippen LogP contribution in [0.15, 0.2) is 0 Å². The molecule has 0 unspecified atom stereocenters. The van der Waals surface area contributed by atoms with E-state index >= 15 is 0 Å². The van der Waals surface area contributed by atoms with Crippen molar-refractivity contribution in [2.75, 3.05) is 13.6 Å². The van der Waals surface area contributed by atoms with Gasteiger partial charge >= 0.3 is 0 Å². The fraction of sp³-hybridized carbons (Fsp3) is 1.00. The first kappa shape index (κ1) is 12.0. The Kier molecular flexibility index (Phi) is 5.56. The van der Waals surface area contributed by atoms with Crippen molar-refractivity contribution in [3.63, 3.8) is 0 Å². The van der Waals surface area contributed by atoms with Gasteiger partial charge in [0.1, 0.15) is 0 Å². The summed E-state index contributed by atoms with van der Waals surface area (Å²) in [5, 5.41) is 0. The van der Waals surface area contributed by atoms with Crippen molar-refractivity contribution in [1.29, 1.82) is 0 Å². The van der Waals surface area contributed by atoms with Crippen LogP contribution < -0.4 is 0 Å². The highest BCUT2D eigenvalue weighted by molar-refractivity contribution is 4.62. The zero-order valence-corrected chi connectivity index (χ0v) is 9.59. The second kappa shape index (κ2) is 5.58. The fourth-order valence-corrected chi connectivity index (χ4v) is 0.999. The standard InChI is InChI=1S/C11H25N/c1-9(2)11(5)7-8-12(6)10(3)4/h9-11H,7-8H2,1-6H3/t11-/m0/s1. The molecular weight excluding hydrogens is 146 g/mol. The van der Waals surface area contributed by atoms with Crippen molar-refractivity contribution in [2.24, 2.45) is 11.8 Å². The lowest BCUT2D eigenvalue weighted by molar-refractivity contribution is 0.239. The maximum atomic E-state index is 2.42. The third-order valence-corrected chi connectivity index (χ3v) is 2.96. The number of hydrogen-bond acceptors (Lipinski definition) is 1. The first-order chi connectivity index (χ1) is 5.45. The molecule has 0 rings (SSSR count). The molecule has 0 spiro atoms. The van der Waals surface area contributed by atoms with Gasteiger partial charge in [0.15, 0.2) is 0 Å². The van der Waals surface area contributed by atoms with Gasteiger partial charge in [-0.3, -0.25) is 0 Å². The summed E-state index contributed by atoms with van der Waals surface area (Å²) in [4.78, 5) is 2.42. The van der Waals surface area contributed by atoms with Gasteiger partial charge in [-0.05, 0) is 45.7 Å². The van der Waals surface area contributed by atoms with Gasteiger partial charge in [-0.1, -0.05) is 20.8 Å². The smallest absolute Gasteiger partial charge is 0.00355 e. The third kappa shape index (κ3) is 4.76. The van der Waals surface area contributed by atoms with Gasteiger partial charge in [0, 0.05) is 6.04 Å². The van der Waals surface area contributed by atoms with Gasteiger partial charge in [0.2, 0.25) is 0 Å². The van der Waals surface area contributed by atoms with Crippen LogP contribution in [-0.2, 0) is 0 Å². The van der Waals surface area contributed by atoms with E-state index in [0.717, 1.165) is 11.8 Å². The van der Waals surface area contributed by atoms with Crippen LogP contribution in [-0.4, -0.2) is 24.5 Å². The van der Waals surface area contributed by atoms with E-state index in [9.17, 15) is 0 Å². The molecule has 0 aromatic carbocycles. The van der Waals surface area contributed by atoms with Crippen LogP contribution in [0.4, 0.5) is 0 Å². The lowest BCUT2D eigenvalue weighted by Crippen LogP contribution is -2.28. The van der Waals surface area contributed by atoms with E-state index in [1.807, 2.05) is 0 Å². The van der Waals surface area contributed by atoms with Crippen LogP contribution >= 0.6 is 0 Å². The molecule has 0 bridgehead atoms. The predicted octanol–water partition coefficient (Wildman–Crippen LogP) is 3.01. The van der Waals surface area contributed by atoms with Gasteiger partial charge in [-0.2, -0.15) is 0 Å². The molecule has 0 aliphatic carbocycles. The number of rotatable bonds is 5. The Bertz CT molecular complexity index is 93.6. The molecule has 1 atom stereocenters. The van der Waals surface area contributed by atoms with Crippen molar-refractivity contribution in [3.05, 3.63) is 0 Å². The molecule has 0 aromatic rings. The first-order valence-electron chi connectivity index (χ1n) is 5.15. The SMILES string of the molecule is CC(C)[C@@H](C)CCN(C)C(C)C. The molecule has 0 aromatic heterocycles. The van der Waals surface area contributed by atoms with Crippen molar-refractivity contribution in [2.45, 2.75) is 47.1 Å². The van der Waals surface area contributed by atoms with Gasteiger partial charge in [-0.15, -0.1) is 0 Å². The van der Waals surface area contributed by atoms with E-state index in [1.54, 1.807) is 0 Å². The zero-order valence-electron chi connectivity index (χ0n) is 9.59. The average molecular weight is 171 g/mol. The van der Waals surface area contributed by atoms with E-state index in [4.69, 9.17) is 0 Å². The Balaban J connectivity index is 3.54. The van der Waals surface area contributed by atoms with Crippen LogP contribution in [0.3, 0.4) is 0 Å². The summed E-state index contributed by atoms with van der Waals surface area (Å²) in [6.45, 7) is 12.7. The summed E-state index contributed by atoms with van der Waals surface area (Å²) in [5.74, 6) is 1.68. The second-order valence-corrected chi connectivity index (χ2v) is 4.58. The van der Waals surface area contributed by atoms with Crippen LogP contribution in [0.5, 0.6) is 0 Å². The second-order valence-electron chi connectivity index (χ2n) is 4.58. The fourth-order valence-electron chi connectivity index (χ4n) is 0.999. The molecule has 0 fully saturated rings. The van der Waals surface area contributed by atoms with Gasteiger partial charge in [0.25, 0.3) is 0 Å². The molecule has 1 nitrogen and oxygen atoms in total. The van der Waals surface area contributed by atoms with Gasteiger partial charge in [0.05, 0.1) is 0 Å². The lowest BCUT2D eigenvalue weighted by Gasteiger charge is -2.24. The monoisotopic (exact) mass is 171 g/mol. The van der Waals surface area contributed by atoms with Crippen LogP contribution in [0.1, 0.15) is 41.0 Å². The summed E-state index contributed by atoms with van der Waals surface area (Å²) in [7, 11) is 2.21. The maximum absolute atomic E-state index is 2.42. The molecule has 1 heteroatoms. The molecule has 0 aliphatic rings. The topological polar surface area (TPSA) is 3.24 Å². The quantitative estimate of drug-likeness (QED) is 0.614. The van der Waals surface area contributed by atoms with Crippen molar-refractivity contribution in [3.8, 4) is 0 Å². The molecule has 0 heterocycles. The Morgan fingerprint density at radius 3 is 1.83 bits per heavy atom. The van der Waals surface area contributed by atoms with Crippen molar-refractivity contribution >= 4 is 0 Å². The highest BCUT2D eigenvalue weighted by atomic mass is 15.1. The highest BCUT2D eigenvalue weighted by Crippen LogP contribution is 2.14. The molecule has 0 saturated carbocycles. The third-order valence-electron chi connectivity index (χ3n) is 2.96. The summed E-state index contributed by atoms with van der Waals surface area (Å²) >= 11 is 0. The Morgan fingerprint density at radius 1 is 1.00 bits per heavy atom. The molecule has 0 aliphatic heterocycles. The summed E-state index contributed by atoms with van der Waals surface area (Å²) in [6.07, 6.45) is 1.33. The highest BCUT2D eigenvalue weighted by Gasteiger charge is 2.09. The van der Waals surface area contributed by atoms with Crippen LogP contribution in [0, 0.1) is 11.8 Å². The molecule has 0 N–H and O–H groups in total. The van der Waals surface area contributed by atoms with E-state index in [0.29, 0.717) is 6.04 Å². The summed E-state index contributed by atoms with van der Waals surface area (Å²) < 4.78 is 0. The molecular formula is C11H25N. The van der Waals surface area contributed by atoms with Crippen molar-refractivity contribution < 1.29 is 0 Å². The molecule has 0 saturated heterocycles. The largest absolute Gasteiger partial charge is 0.304 e. The minimum atomic E-state index is 0.685. The van der Waals surface area contributed by atoms with Gasteiger partial charge < -0.3 is 4.90 Å². The Hall–Kier alpha value is -0.0400. The zero-order chi connectivity index (χ0) is 9.72. The normalized spacial score (nSPS) is 14.8. The average Bonchev–Trinajstić information content (AvgIpc) is 1.98. The maximum Gasteiger partial charge on any atom is 0.00355 e. The first-order valence-corrected chi connectivity index (χ1v) is 5.15. The summed E-state index contributed by atoms with van der Waals surface area (Å²) in [5.41, 5.74) is 0.